The Balaban J connectivity index is 2.44. The summed E-state index contributed by atoms with van der Waals surface area (Å²) in [6, 6.07) is 2.65. The summed E-state index contributed by atoms with van der Waals surface area (Å²) in [4.78, 5) is 11.2. The first-order chi connectivity index (χ1) is 9.58. The Morgan fingerprint density at radius 2 is 1.86 bits per heavy atom. The maximum absolute atomic E-state index is 12.7. The van der Waals surface area contributed by atoms with Crippen molar-refractivity contribution in [2.45, 2.75) is 18.2 Å². The topological polar surface area (TPSA) is 106 Å². The number of carbonyl (C=O) groups is 1. The summed E-state index contributed by atoms with van der Waals surface area (Å²) in [5.41, 5.74) is 10.3. The van der Waals surface area contributed by atoms with Crippen LogP contribution in [-0.4, -0.2) is 31.7 Å². The largest absolute Gasteiger partial charge is 0.399 e. The van der Waals surface area contributed by atoms with Crippen molar-refractivity contribution in [3.05, 3.63) is 22.2 Å². The van der Waals surface area contributed by atoms with Crippen LogP contribution in [0.15, 0.2) is 17.0 Å². The third-order valence-electron chi connectivity index (χ3n) is 3.65. The van der Waals surface area contributed by atoms with E-state index >= 15 is 0 Å². The average Bonchev–Trinajstić information content (AvgIpc) is 2.72. The zero-order valence-electron chi connectivity index (χ0n) is 11.3. The number of nitrogens with zero attached hydrogens (tertiary/aromatic N) is 1. The van der Waals surface area contributed by atoms with Gasteiger partial charge in [0.1, 0.15) is 4.90 Å². The van der Waals surface area contributed by atoms with E-state index in [9.17, 15) is 13.2 Å². The van der Waals surface area contributed by atoms with E-state index in [-0.39, 0.29) is 33.7 Å². The molecule has 1 fully saturated rings. The molecule has 21 heavy (non-hydrogen) atoms. The molecule has 0 bridgehead atoms. The van der Waals surface area contributed by atoms with Crippen LogP contribution >= 0.6 is 23.2 Å². The number of carbonyl (C=O) groups excluding carboxylic acids is 1. The summed E-state index contributed by atoms with van der Waals surface area (Å²) in [7, 11) is -3.92. The molecule has 1 amide bonds. The Bertz CT molecular complexity index is 685. The van der Waals surface area contributed by atoms with Gasteiger partial charge in [0, 0.05) is 18.8 Å². The molecule has 116 valence electrons. The normalized spacial score (nSPS) is 23.4. The number of benzene rings is 1. The van der Waals surface area contributed by atoms with Gasteiger partial charge in [0.15, 0.2) is 0 Å². The molecular formula is C12H15Cl2N3O3S. The van der Waals surface area contributed by atoms with Crippen molar-refractivity contribution in [2.75, 3.05) is 18.8 Å². The standard InChI is InChI=1S/C12H15Cl2N3O3S/c1-12(11(16)18)2-3-17(6-12)21(19,20)10-8(13)4-7(15)5-9(10)14/h4-5H,2-3,6,15H2,1H3,(H2,16,18). The number of hydrogen-bond acceptors (Lipinski definition) is 4. The quantitative estimate of drug-likeness (QED) is 0.803. The Hall–Kier alpha value is -1.02. The van der Waals surface area contributed by atoms with Crippen molar-refractivity contribution in [1.29, 1.82) is 0 Å². The van der Waals surface area contributed by atoms with Gasteiger partial charge in [0.25, 0.3) is 0 Å². The SMILES string of the molecule is CC1(C(N)=O)CCN(S(=O)(=O)c2c(Cl)cc(N)cc2Cl)C1. The Kier molecular flexibility index (Phi) is 4.14. The first kappa shape index (κ1) is 16.4. The van der Waals surface area contributed by atoms with Gasteiger partial charge in [0.2, 0.25) is 15.9 Å². The first-order valence-electron chi connectivity index (χ1n) is 6.12. The molecule has 4 N–H and O–H groups in total. The number of hydrogen-bond donors (Lipinski definition) is 2. The summed E-state index contributed by atoms with van der Waals surface area (Å²) < 4.78 is 26.5. The number of nitrogen functional groups attached to an aromatic ring is 1. The average molecular weight is 352 g/mol. The lowest BCUT2D eigenvalue weighted by Gasteiger charge is -2.21. The number of halogens is 2. The van der Waals surface area contributed by atoms with E-state index in [0.717, 1.165) is 0 Å². The predicted octanol–water partition coefficient (Wildman–Crippen LogP) is 1.46. The van der Waals surface area contributed by atoms with E-state index in [1.165, 1.54) is 16.4 Å². The number of sulfonamides is 1. The fraction of sp³-hybridized carbons (Fsp3) is 0.417. The van der Waals surface area contributed by atoms with Gasteiger partial charge in [-0.1, -0.05) is 23.2 Å². The van der Waals surface area contributed by atoms with Crippen molar-refractivity contribution in [3.8, 4) is 0 Å². The number of rotatable bonds is 3. The minimum absolute atomic E-state index is 0.00169. The Morgan fingerprint density at radius 3 is 2.29 bits per heavy atom. The fourth-order valence-corrected chi connectivity index (χ4v) is 5.02. The van der Waals surface area contributed by atoms with Gasteiger partial charge >= 0.3 is 0 Å². The van der Waals surface area contributed by atoms with Gasteiger partial charge in [-0.15, -0.1) is 0 Å². The van der Waals surface area contributed by atoms with Crippen LogP contribution in [0.4, 0.5) is 5.69 Å². The molecule has 1 saturated heterocycles. The van der Waals surface area contributed by atoms with Crippen molar-refractivity contribution < 1.29 is 13.2 Å². The highest BCUT2D eigenvalue weighted by Gasteiger charge is 2.44. The van der Waals surface area contributed by atoms with Crippen molar-refractivity contribution >= 4 is 44.8 Å². The summed E-state index contributed by atoms with van der Waals surface area (Å²) in [5.74, 6) is -0.533. The second-order valence-electron chi connectivity index (χ2n) is 5.33. The third kappa shape index (κ3) is 2.83. The van der Waals surface area contributed by atoms with Crippen LogP contribution in [0.3, 0.4) is 0 Å². The van der Waals surface area contributed by atoms with Gasteiger partial charge in [0.05, 0.1) is 15.5 Å². The van der Waals surface area contributed by atoms with Crippen LogP contribution in [-0.2, 0) is 14.8 Å². The van der Waals surface area contributed by atoms with Crippen molar-refractivity contribution in [1.82, 2.24) is 4.31 Å². The minimum atomic E-state index is -3.92. The molecule has 1 unspecified atom stereocenters. The maximum atomic E-state index is 12.7. The van der Waals surface area contributed by atoms with Gasteiger partial charge in [-0.2, -0.15) is 4.31 Å². The van der Waals surface area contributed by atoms with E-state index in [4.69, 9.17) is 34.7 Å². The van der Waals surface area contributed by atoms with Crippen LogP contribution < -0.4 is 11.5 Å². The lowest BCUT2D eigenvalue weighted by molar-refractivity contribution is -0.126. The molecule has 0 radical (unpaired) electrons. The summed E-state index contributed by atoms with van der Waals surface area (Å²) >= 11 is 11.9. The van der Waals surface area contributed by atoms with E-state index in [1.807, 2.05) is 0 Å². The van der Waals surface area contributed by atoms with Gasteiger partial charge < -0.3 is 11.5 Å². The second kappa shape index (κ2) is 5.31. The van der Waals surface area contributed by atoms with Crippen LogP contribution in [0.25, 0.3) is 0 Å². The van der Waals surface area contributed by atoms with Crippen molar-refractivity contribution in [2.24, 2.45) is 11.1 Å². The molecule has 0 saturated carbocycles. The molecule has 1 aliphatic heterocycles. The number of nitrogens with two attached hydrogens (primary N) is 2. The number of anilines is 1. The first-order valence-corrected chi connectivity index (χ1v) is 8.32. The molecule has 2 rings (SSSR count). The smallest absolute Gasteiger partial charge is 0.246 e. The van der Waals surface area contributed by atoms with E-state index < -0.39 is 21.3 Å². The van der Waals surface area contributed by atoms with E-state index in [0.29, 0.717) is 6.42 Å². The Morgan fingerprint density at radius 1 is 1.33 bits per heavy atom. The molecule has 1 atom stereocenters. The van der Waals surface area contributed by atoms with Gasteiger partial charge in [-0.3, -0.25) is 4.79 Å². The summed E-state index contributed by atoms with van der Waals surface area (Å²) in [6.07, 6.45) is 0.353. The maximum Gasteiger partial charge on any atom is 0.246 e. The zero-order chi connectivity index (χ0) is 16.0. The molecular weight excluding hydrogens is 337 g/mol. The molecule has 6 nitrogen and oxygen atoms in total. The molecule has 1 aromatic rings. The van der Waals surface area contributed by atoms with Crippen LogP contribution in [0.2, 0.25) is 10.0 Å². The van der Waals surface area contributed by atoms with Crippen molar-refractivity contribution in [3.63, 3.8) is 0 Å². The van der Waals surface area contributed by atoms with Crippen LogP contribution in [0.5, 0.6) is 0 Å². The van der Waals surface area contributed by atoms with Crippen LogP contribution in [0.1, 0.15) is 13.3 Å². The third-order valence-corrected chi connectivity index (χ3v) is 6.42. The highest BCUT2D eigenvalue weighted by atomic mass is 35.5. The molecule has 1 heterocycles. The predicted molar refractivity (Wildman–Crippen MR) is 81.6 cm³/mol. The van der Waals surface area contributed by atoms with Crippen LogP contribution in [0, 0.1) is 5.41 Å². The molecule has 0 spiro atoms. The number of primary amides is 1. The monoisotopic (exact) mass is 351 g/mol. The lowest BCUT2D eigenvalue weighted by atomic mass is 9.89. The van der Waals surface area contributed by atoms with Gasteiger partial charge in [-0.25, -0.2) is 8.42 Å². The highest BCUT2D eigenvalue weighted by Crippen LogP contribution is 2.38. The highest BCUT2D eigenvalue weighted by molar-refractivity contribution is 7.89. The molecule has 9 heteroatoms. The lowest BCUT2D eigenvalue weighted by Crippen LogP contribution is -2.38. The second-order valence-corrected chi connectivity index (χ2v) is 8.02. The molecule has 1 aliphatic rings. The zero-order valence-corrected chi connectivity index (χ0v) is 13.6. The molecule has 0 aliphatic carbocycles. The number of amides is 1. The molecule has 1 aromatic carbocycles. The summed E-state index contributed by atoms with van der Waals surface area (Å²) in [6.45, 7) is 1.82. The fourth-order valence-electron chi connectivity index (χ4n) is 2.28. The molecule has 0 aromatic heterocycles. The van der Waals surface area contributed by atoms with Gasteiger partial charge in [-0.05, 0) is 25.5 Å². The summed E-state index contributed by atoms with van der Waals surface area (Å²) in [5, 5.41) is -0.0969. The van der Waals surface area contributed by atoms with E-state index in [2.05, 4.69) is 0 Å². The van der Waals surface area contributed by atoms with E-state index in [1.54, 1.807) is 6.92 Å². The Labute approximate surface area is 133 Å². The minimum Gasteiger partial charge on any atom is -0.399 e.